The van der Waals surface area contributed by atoms with E-state index in [0.29, 0.717) is 44.9 Å². The molecule has 0 unspecified atom stereocenters. The molecule has 0 saturated carbocycles. The van der Waals surface area contributed by atoms with Gasteiger partial charge in [-0.05, 0) is 12.1 Å². The lowest BCUT2D eigenvalue weighted by molar-refractivity contribution is -0.130. The predicted octanol–water partition coefficient (Wildman–Crippen LogP) is -0.238. The van der Waals surface area contributed by atoms with Gasteiger partial charge in [0, 0.05) is 58.5 Å². The van der Waals surface area contributed by atoms with Crippen molar-refractivity contribution in [1.29, 1.82) is 0 Å². The van der Waals surface area contributed by atoms with Crippen LogP contribution in [0.1, 0.15) is 27.8 Å². The van der Waals surface area contributed by atoms with Crippen molar-refractivity contribution in [1.82, 2.24) is 20.1 Å². The highest BCUT2D eigenvalue weighted by molar-refractivity contribution is 5.98. The Morgan fingerprint density at radius 3 is 2.50 bits per heavy atom. The molecule has 24 heavy (non-hydrogen) atoms. The summed E-state index contributed by atoms with van der Waals surface area (Å²) in [7, 11) is 1.56. The number of amides is 3. The molecule has 1 saturated heterocycles. The number of rotatable bonds is 5. The second-order valence-electron chi connectivity index (χ2n) is 5.48. The molecule has 8 nitrogen and oxygen atoms in total. The van der Waals surface area contributed by atoms with E-state index in [4.69, 9.17) is 4.74 Å². The lowest BCUT2D eigenvalue weighted by Gasteiger charge is -2.34. The Kier molecular flexibility index (Phi) is 6.25. The number of hydrogen-bond donors (Lipinski definition) is 1. The van der Waals surface area contributed by atoms with Crippen LogP contribution < -0.4 is 5.32 Å². The van der Waals surface area contributed by atoms with E-state index in [0.717, 1.165) is 0 Å². The molecule has 0 radical (unpaired) electrons. The molecule has 2 rings (SSSR count). The third-order valence-corrected chi connectivity index (χ3v) is 3.85. The molecule has 8 heteroatoms. The zero-order valence-corrected chi connectivity index (χ0v) is 13.9. The summed E-state index contributed by atoms with van der Waals surface area (Å²) < 4.78 is 4.88. The number of nitrogens with zero attached hydrogens (tertiary/aromatic N) is 3. The second-order valence-corrected chi connectivity index (χ2v) is 5.48. The van der Waals surface area contributed by atoms with Crippen LogP contribution in [0.3, 0.4) is 0 Å². The Hall–Kier alpha value is -2.48. The lowest BCUT2D eigenvalue weighted by Crippen LogP contribution is -2.50. The first-order chi connectivity index (χ1) is 11.5. The Morgan fingerprint density at radius 2 is 1.88 bits per heavy atom. The molecule has 0 bridgehead atoms. The summed E-state index contributed by atoms with van der Waals surface area (Å²) in [6.07, 6.45) is 1.45. The van der Waals surface area contributed by atoms with Gasteiger partial charge in [-0.15, -0.1) is 0 Å². The van der Waals surface area contributed by atoms with Gasteiger partial charge in [0.25, 0.3) is 11.8 Å². The van der Waals surface area contributed by atoms with Crippen LogP contribution in [-0.2, 0) is 9.53 Å². The molecule has 1 N–H and O–H groups in total. The Morgan fingerprint density at radius 1 is 1.21 bits per heavy atom. The van der Waals surface area contributed by atoms with Crippen molar-refractivity contribution in [2.45, 2.75) is 6.92 Å². The van der Waals surface area contributed by atoms with Gasteiger partial charge in [-0.1, -0.05) is 0 Å². The van der Waals surface area contributed by atoms with Crippen LogP contribution in [0, 0.1) is 0 Å². The van der Waals surface area contributed by atoms with Gasteiger partial charge >= 0.3 is 0 Å². The number of hydrogen-bond acceptors (Lipinski definition) is 5. The number of nitrogens with one attached hydrogen (secondary N) is 1. The van der Waals surface area contributed by atoms with Crippen molar-refractivity contribution < 1.29 is 19.1 Å². The van der Waals surface area contributed by atoms with Gasteiger partial charge in [0.2, 0.25) is 5.91 Å². The Bertz CT molecular complexity index is 612. The third-order valence-electron chi connectivity index (χ3n) is 3.85. The maximum Gasteiger partial charge on any atom is 0.272 e. The number of piperazine rings is 1. The van der Waals surface area contributed by atoms with E-state index in [1.165, 1.54) is 19.2 Å². The molecule has 0 aliphatic carbocycles. The van der Waals surface area contributed by atoms with Crippen LogP contribution in [-0.4, -0.2) is 78.9 Å². The fraction of sp³-hybridized carbons (Fsp3) is 0.500. The van der Waals surface area contributed by atoms with Crippen LogP contribution >= 0.6 is 0 Å². The first-order valence-electron chi connectivity index (χ1n) is 7.81. The summed E-state index contributed by atoms with van der Waals surface area (Å²) in [5.41, 5.74) is 0.609. The summed E-state index contributed by atoms with van der Waals surface area (Å²) >= 11 is 0. The molecule has 0 aromatic carbocycles. The highest BCUT2D eigenvalue weighted by Crippen LogP contribution is 2.09. The van der Waals surface area contributed by atoms with Crippen molar-refractivity contribution in [3.63, 3.8) is 0 Å². The van der Waals surface area contributed by atoms with Gasteiger partial charge < -0.3 is 19.9 Å². The smallest absolute Gasteiger partial charge is 0.272 e. The molecule has 1 aliphatic rings. The summed E-state index contributed by atoms with van der Waals surface area (Å²) in [6, 6.07) is 3.05. The lowest BCUT2D eigenvalue weighted by atomic mass is 10.2. The molecule has 1 fully saturated rings. The van der Waals surface area contributed by atoms with Crippen LogP contribution in [0.2, 0.25) is 0 Å². The number of carbonyl (C=O) groups excluding carboxylic acids is 3. The minimum Gasteiger partial charge on any atom is -0.383 e. The number of ether oxygens (including phenoxy) is 1. The van der Waals surface area contributed by atoms with Crippen molar-refractivity contribution in [2.24, 2.45) is 0 Å². The van der Waals surface area contributed by atoms with Gasteiger partial charge in [-0.25, -0.2) is 0 Å². The number of methoxy groups -OCH3 is 1. The average Bonchev–Trinajstić information content (AvgIpc) is 2.61. The van der Waals surface area contributed by atoms with Crippen LogP contribution in [0.5, 0.6) is 0 Å². The molecule has 1 aliphatic heterocycles. The van der Waals surface area contributed by atoms with Crippen molar-refractivity contribution in [3.05, 3.63) is 29.6 Å². The fourth-order valence-corrected chi connectivity index (χ4v) is 2.44. The quantitative estimate of drug-likeness (QED) is 0.751. The predicted molar refractivity (Wildman–Crippen MR) is 86.6 cm³/mol. The van der Waals surface area contributed by atoms with Gasteiger partial charge in [-0.3, -0.25) is 19.4 Å². The second kappa shape index (κ2) is 8.39. The fourth-order valence-electron chi connectivity index (χ4n) is 2.44. The molecule has 0 atom stereocenters. The molecule has 2 heterocycles. The minimum atomic E-state index is -0.273. The summed E-state index contributed by atoms with van der Waals surface area (Å²) in [5, 5.41) is 2.70. The topological polar surface area (TPSA) is 91.8 Å². The Labute approximate surface area is 140 Å². The van der Waals surface area contributed by atoms with Crippen molar-refractivity contribution >= 4 is 17.7 Å². The van der Waals surface area contributed by atoms with Gasteiger partial charge in [0.1, 0.15) is 5.69 Å². The molecule has 130 valence electrons. The van der Waals surface area contributed by atoms with Crippen LogP contribution in [0.4, 0.5) is 0 Å². The molecular weight excluding hydrogens is 312 g/mol. The third kappa shape index (κ3) is 4.51. The van der Waals surface area contributed by atoms with E-state index in [1.54, 1.807) is 23.0 Å². The van der Waals surface area contributed by atoms with Crippen LogP contribution in [0.15, 0.2) is 18.3 Å². The summed E-state index contributed by atoms with van der Waals surface area (Å²) in [6.45, 7) is 4.28. The molecule has 1 aromatic heterocycles. The van der Waals surface area contributed by atoms with E-state index >= 15 is 0 Å². The minimum absolute atomic E-state index is 0.00921. The maximum absolute atomic E-state index is 12.5. The number of aromatic nitrogens is 1. The van der Waals surface area contributed by atoms with E-state index in [-0.39, 0.29) is 23.4 Å². The summed E-state index contributed by atoms with van der Waals surface area (Å²) in [4.78, 5) is 43.3. The van der Waals surface area contributed by atoms with Gasteiger partial charge in [0.05, 0.1) is 6.61 Å². The largest absolute Gasteiger partial charge is 0.383 e. The van der Waals surface area contributed by atoms with Crippen molar-refractivity contribution in [2.75, 3.05) is 46.4 Å². The molecule has 0 spiro atoms. The van der Waals surface area contributed by atoms with Gasteiger partial charge in [0.15, 0.2) is 0 Å². The number of pyridine rings is 1. The van der Waals surface area contributed by atoms with E-state index < -0.39 is 0 Å². The average molecular weight is 334 g/mol. The van der Waals surface area contributed by atoms with E-state index in [2.05, 4.69) is 10.3 Å². The highest BCUT2D eigenvalue weighted by atomic mass is 16.5. The first-order valence-corrected chi connectivity index (χ1v) is 7.81. The van der Waals surface area contributed by atoms with Crippen molar-refractivity contribution in [3.8, 4) is 0 Å². The molecule has 3 amide bonds. The normalized spacial score (nSPS) is 14.4. The first kappa shape index (κ1) is 17.9. The maximum atomic E-state index is 12.5. The highest BCUT2D eigenvalue weighted by Gasteiger charge is 2.24. The van der Waals surface area contributed by atoms with E-state index in [9.17, 15) is 14.4 Å². The monoisotopic (exact) mass is 334 g/mol. The van der Waals surface area contributed by atoms with E-state index in [1.807, 2.05) is 0 Å². The molecular formula is C16H22N4O4. The number of carbonyl (C=O) groups is 3. The van der Waals surface area contributed by atoms with Gasteiger partial charge in [-0.2, -0.15) is 0 Å². The SMILES string of the molecule is COCCNC(=O)c1ccnc(C(=O)N2CCN(C(C)=O)CC2)c1. The van der Waals surface area contributed by atoms with Crippen LogP contribution in [0.25, 0.3) is 0 Å². The molecule has 1 aromatic rings. The zero-order chi connectivity index (χ0) is 17.5. The standard InChI is InChI=1S/C16H22N4O4/c1-12(21)19-6-8-20(9-7-19)16(23)14-11-13(3-4-17-14)15(22)18-5-10-24-2/h3-4,11H,5-10H2,1-2H3,(H,18,22). The summed E-state index contributed by atoms with van der Waals surface area (Å²) in [5.74, 6) is -0.496. The zero-order valence-electron chi connectivity index (χ0n) is 13.9. The Balaban J connectivity index is 1.99.